The third-order valence-corrected chi connectivity index (χ3v) is 5.64. The van der Waals surface area contributed by atoms with Crippen molar-refractivity contribution in [2.75, 3.05) is 16.6 Å². The quantitative estimate of drug-likeness (QED) is 0.868. The van der Waals surface area contributed by atoms with Crippen LogP contribution in [0.1, 0.15) is 12.6 Å². The van der Waals surface area contributed by atoms with Crippen molar-refractivity contribution in [2.45, 2.75) is 19.6 Å². The molecule has 1 aliphatic heterocycles. The fourth-order valence-corrected chi connectivity index (χ4v) is 3.68. The van der Waals surface area contributed by atoms with Gasteiger partial charge in [0.25, 0.3) is 5.91 Å². The number of ether oxygens (including phenoxy) is 1. The first-order chi connectivity index (χ1) is 12.0. The topological polar surface area (TPSA) is 88.6 Å². The Morgan fingerprint density at radius 3 is 2.76 bits per heavy atom. The number of anilines is 1. The lowest BCUT2D eigenvalue weighted by Crippen LogP contribution is -2.50. The summed E-state index contributed by atoms with van der Waals surface area (Å²) in [7, 11) is -3.51. The number of benzene rings is 1. The molecule has 3 rings (SSSR count). The molecule has 0 spiro atoms. The van der Waals surface area contributed by atoms with Crippen LogP contribution in [0.25, 0.3) is 0 Å². The van der Waals surface area contributed by atoms with E-state index in [9.17, 15) is 13.2 Å². The number of nitrogens with zero attached hydrogens (tertiary/aromatic N) is 2. The van der Waals surface area contributed by atoms with E-state index in [4.69, 9.17) is 4.74 Å². The summed E-state index contributed by atoms with van der Waals surface area (Å²) in [6, 6.07) is 12.2. The van der Waals surface area contributed by atoms with Crippen molar-refractivity contribution in [3.8, 4) is 5.75 Å². The van der Waals surface area contributed by atoms with E-state index in [2.05, 4.69) is 10.3 Å². The van der Waals surface area contributed by atoms with Crippen LogP contribution >= 0.6 is 0 Å². The molecule has 1 N–H and O–H groups in total. The van der Waals surface area contributed by atoms with Crippen LogP contribution in [0.4, 0.5) is 5.69 Å². The Labute approximate surface area is 146 Å². The van der Waals surface area contributed by atoms with Crippen LogP contribution in [0.3, 0.4) is 0 Å². The Bertz CT molecular complexity index is 855. The first-order valence-corrected chi connectivity index (χ1v) is 9.56. The van der Waals surface area contributed by atoms with E-state index in [0.717, 1.165) is 0 Å². The highest BCUT2D eigenvalue weighted by molar-refractivity contribution is 7.92. The SMILES string of the molecule is CCS(=O)(=O)N1C[C@H](C(=O)NCc2ccccn2)Oc2ccccc21. The van der Waals surface area contributed by atoms with Gasteiger partial charge in [0.15, 0.2) is 6.10 Å². The summed E-state index contributed by atoms with van der Waals surface area (Å²) in [6.07, 6.45) is 0.727. The predicted molar refractivity (Wildman–Crippen MR) is 93.7 cm³/mol. The molecule has 7 nitrogen and oxygen atoms in total. The number of para-hydroxylation sites is 2. The van der Waals surface area contributed by atoms with Gasteiger partial charge < -0.3 is 10.1 Å². The zero-order valence-corrected chi connectivity index (χ0v) is 14.6. The third-order valence-electron chi connectivity index (χ3n) is 3.90. The predicted octanol–water partition coefficient (Wildman–Crippen LogP) is 1.32. The molecular weight excluding hydrogens is 342 g/mol. The van der Waals surface area contributed by atoms with Crippen LogP contribution in [-0.2, 0) is 21.4 Å². The van der Waals surface area contributed by atoms with E-state index in [1.807, 2.05) is 6.07 Å². The van der Waals surface area contributed by atoms with Crippen LogP contribution in [0.2, 0.25) is 0 Å². The number of fused-ring (bicyclic) bond motifs is 1. The van der Waals surface area contributed by atoms with E-state index < -0.39 is 16.1 Å². The highest BCUT2D eigenvalue weighted by atomic mass is 32.2. The number of carbonyl (C=O) groups excluding carboxylic acids is 1. The lowest BCUT2D eigenvalue weighted by molar-refractivity contribution is -0.127. The maximum atomic E-state index is 12.5. The molecule has 2 heterocycles. The van der Waals surface area contributed by atoms with Crippen molar-refractivity contribution in [1.29, 1.82) is 0 Å². The average molecular weight is 361 g/mol. The smallest absolute Gasteiger partial charge is 0.263 e. The number of hydrogen-bond donors (Lipinski definition) is 1. The minimum absolute atomic E-state index is 0.0520. The molecule has 0 radical (unpaired) electrons. The lowest BCUT2D eigenvalue weighted by Gasteiger charge is -2.34. The van der Waals surface area contributed by atoms with E-state index in [1.54, 1.807) is 49.5 Å². The number of amides is 1. The Morgan fingerprint density at radius 1 is 1.28 bits per heavy atom. The normalized spacial score (nSPS) is 16.7. The van der Waals surface area contributed by atoms with Gasteiger partial charge in [-0.15, -0.1) is 0 Å². The minimum atomic E-state index is -3.51. The second kappa shape index (κ2) is 7.10. The average Bonchev–Trinajstić information content (AvgIpc) is 2.66. The molecule has 1 aliphatic rings. The standard InChI is InChI=1S/C17H19N3O4S/c1-2-25(22,23)20-12-16(24-15-9-4-3-8-14(15)20)17(21)19-11-13-7-5-6-10-18-13/h3-10,16H,2,11-12H2,1H3,(H,19,21)/t16-/m1/s1. The number of carbonyl (C=O) groups is 1. The highest BCUT2D eigenvalue weighted by Crippen LogP contribution is 2.35. The highest BCUT2D eigenvalue weighted by Gasteiger charge is 2.35. The van der Waals surface area contributed by atoms with Crippen molar-refractivity contribution >= 4 is 21.6 Å². The van der Waals surface area contributed by atoms with Crippen LogP contribution in [0.15, 0.2) is 48.7 Å². The molecular formula is C17H19N3O4S. The van der Waals surface area contributed by atoms with E-state index >= 15 is 0 Å². The Kier molecular flexibility index (Phi) is 4.89. The second-order valence-corrected chi connectivity index (χ2v) is 7.73. The molecule has 25 heavy (non-hydrogen) atoms. The van der Waals surface area contributed by atoms with E-state index in [1.165, 1.54) is 4.31 Å². The van der Waals surface area contributed by atoms with Gasteiger partial charge in [0.1, 0.15) is 5.75 Å². The van der Waals surface area contributed by atoms with Crippen molar-refractivity contribution in [1.82, 2.24) is 10.3 Å². The van der Waals surface area contributed by atoms with Crippen LogP contribution in [-0.4, -0.2) is 37.7 Å². The molecule has 8 heteroatoms. The first-order valence-electron chi connectivity index (χ1n) is 7.95. The lowest BCUT2D eigenvalue weighted by atomic mass is 10.2. The van der Waals surface area contributed by atoms with Gasteiger partial charge in [0.2, 0.25) is 10.0 Å². The maximum absolute atomic E-state index is 12.5. The number of hydrogen-bond acceptors (Lipinski definition) is 5. The third kappa shape index (κ3) is 3.74. The molecule has 0 bridgehead atoms. The van der Waals surface area contributed by atoms with E-state index in [-0.39, 0.29) is 24.7 Å². The van der Waals surface area contributed by atoms with Crippen molar-refractivity contribution in [3.63, 3.8) is 0 Å². The largest absolute Gasteiger partial charge is 0.476 e. The molecule has 1 aromatic carbocycles. The molecule has 0 unspecified atom stereocenters. The Balaban J connectivity index is 1.78. The molecule has 0 saturated carbocycles. The fraction of sp³-hybridized carbons (Fsp3) is 0.294. The summed E-state index contributed by atoms with van der Waals surface area (Å²) in [6.45, 7) is 1.77. The minimum Gasteiger partial charge on any atom is -0.476 e. The summed E-state index contributed by atoms with van der Waals surface area (Å²) < 4.78 is 31.7. The maximum Gasteiger partial charge on any atom is 0.263 e. The molecule has 132 valence electrons. The molecule has 0 aliphatic carbocycles. The molecule has 1 aromatic heterocycles. The van der Waals surface area contributed by atoms with Gasteiger partial charge in [-0.25, -0.2) is 8.42 Å². The van der Waals surface area contributed by atoms with Gasteiger partial charge >= 0.3 is 0 Å². The zero-order valence-electron chi connectivity index (χ0n) is 13.8. The molecule has 2 aromatic rings. The molecule has 1 atom stereocenters. The van der Waals surface area contributed by atoms with Crippen molar-refractivity contribution in [2.24, 2.45) is 0 Å². The monoisotopic (exact) mass is 361 g/mol. The summed E-state index contributed by atoms with van der Waals surface area (Å²) in [4.78, 5) is 16.6. The van der Waals surface area contributed by atoms with Gasteiger partial charge in [0.05, 0.1) is 30.2 Å². The zero-order chi connectivity index (χ0) is 17.9. The van der Waals surface area contributed by atoms with Gasteiger partial charge in [0, 0.05) is 6.20 Å². The number of aromatic nitrogens is 1. The fourth-order valence-electron chi connectivity index (χ4n) is 2.55. The number of nitrogens with one attached hydrogen (secondary N) is 1. The summed E-state index contributed by atoms with van der Waals surface area (Å²) in [5.41, 5.74) is 1.17. The van der Waals surface area contributed by atoms with Crippen molar-refractivity contribution < 1.29 is 17.9 Å². The molecule has 0 saturated heterocycles. The Morgan fingerprint density at radius 2 is 2.04 bits per heavy atom. The van der Waals surface area contributed by atoms with Crippen LogP contribution < -0.4 is 14.4 Å². The summed E-state index contributed by atoms with van der Waals surface area (Å²) in [5.74, 6) is -0.0518. The second-order valence-electron chi connectivity index (χ2n) is 5.54. The van der Waals surface area contributed by atoms with Gasteiger partial charge in [-0.3, -0.25) is 14.1 Å². The number of rotatable bonds is 5. The molecule has 1 amide bonds. The summed E-state index contributed by atoms with van der Waals surface area (Å²) >= 11 is 0. The van der Waals surface area contributed by atoms with Gasteiger partial charge in [-0.2, -0.15) is 0 Å². The van der Waals surface area contributed by atoms with E-state index in [0.29, 0.717) is 17.1 Å². The van der Waals surface area contributed by atoms with Gasteiger partial charge in [-0.1, -0.05) is 18.2 Å². The van der Waals surface area contributed by atoms with Crippen LogP contribution in [0.5, 0.6) is 5.75 Å². The number of sulfonamides is 1. The summed E-state index contributed by atoms with van der Waals surface area (Å²) in [5, 5.41) is 2.74. The van der Waals surface area contributed by atoms with Gasteiger partial charge in [-0.05, 0) is 31.2 Å². The Hall–Kier alpha value is -2.61. The molecule has 0 fully saturated rings. The van der Waals surface area contributed by atoms with Crippen LogP contribution in [0, 0.1) is 0 Å². The number of pyridine rings is 1. The first kappa shape index (κ1) is 17.2. The van der Waals surface area contributed by atoms with Crippen molar-refractivity contribution in [3.05, 3.63) is 54.4 Å².